The highest BCUT2D eigenvalue weighted by atomic mass is 79.9. The van der Waals surface area contributed by atoms with Crippen molar-refractivity contribution in [1.82, 2.24) is 0 Å². The van der Waals surface area contributed by atoms with Gasteiger partial charge in [-0.1, -0.05) is 0 Å². The second kappa shape index (κ2) is 4.18. The summed E-state index contributed by atoms with van der Waals surface area (Å²) in [5, 5.41) is 19.0. The second-order valence-electron chi connectivity index (χ2n) is 2.39. The summed E-state index contributed by atoms with van der Waals surface area (Å²) in [7, 11) is 1.30. The quantitative estimate of drug-likeness (QED) is 0.820. The van der Waals surface area contributed by atoms with Crippen molar-refractivity contribution in [3.63, 3.8) is 0 Å². The Morgan fingerprint density at radius 3 is 1.93 bits per heavy atom. The minimum Gasteiger partial charge on any atom is -0.503 e. The van der Waals surface area contributed by atoms with Gasteiger partial charge < -0.3 is 14.9 Å². The normalized spacial score (nSPS) is 9.93. The molecule has 0 fully saturated rings. The molecule has 76 valence electrons. The van der Waals surface area contributed by atoms with E-state index in [1.807, 2.05) is 0 Å². The Labute approximate surface area is 96.8 Å². The summed E-state index contributed by atoms with van der Waals surface area (Å²) in [5.74, 6) is -0.708. The van der Waals surface area contributed by atoms with Crippen LogP contribution < -0.4 is 4.74 Å². The van der Waals surface area contributed by atoms with E-state index in [0.717, 1.165) is 0 Å². The molecule has 6 heteroatoms. The third kappa shape index (κ3) is 1.59. The molecule has 0 aliphatic rings. The average molecular weight is 326 g/mol. The number of phenols is 2. The lowest BCUT2D eigenvalue weighted by Crippen LogP contribution is -1.92. The number of halogens is 2. The molecule has 0 amide bonds. The predicted octanol–water partition coefficient (Wildman–Crippen LogP) is 2.44. The van der Waals surface area contributed by atoms with Gasteiger partial charge in [-0.3, -0.25) is 4.79 Å². The Morgan fingerprint density at radius 2 is 1.64 bits per heavy atom. The van der Waals surface area contributed by atoms with Crippen LogP contribution in [0.2, 0.25) is 0 Å². The minimum atomic E-state index is -0.310. The van der Waals surface area contributed by atoms with E-state index >= 15 is 0 Å². The summed E-state index contributed by atoms with van der Waals surface area (Å²) in [6.45, 7) is 0. The van der Waals surface area contributed by atoms with Gasteiger partial charge in [0.05, 0.1) is 21.6 Å². The second-order valence-corrected chi connectivity index (χ2v) is 3.98. The standard InChI is InChI=1S/C8H6Br2O4/c1-14-8-6(12)4(9)3(2-11)5(10)7(8)13/h2,12-13H,1H3. The molecule has 2 N–H and O–H groups in total. The topological polar surface area (TPSA) is 66.8 Å². The van der Waals surface area contributed by atoms with Gasteiger partial charge >= 0.3 is 0 Å². The number of methoxy groups -OCH3 is 1. The van der Waals surface area contributed by atoms with E-state index in [1.165, 1.54) is 7.11 Å². The number of ether oxygens (including phenoxy) is 1. The van der Waals surface area contributed by atoms with Crippen LogP contribution in [-0.4, -0.2) is 23.6 Å². The van der Waals surface area contributed by atoms with Gasteiger partial charge in [0.25, 0.3) is 0 Å². The molecular formula is C8H6Br2O4. The van der Waals surface area contributed by atoms with Crippen LogP contribution in [0.5, 0.6) is 17.2 Å². The van der Waals surface area contributed by atoms with Crippen molar-refractivity contribution in [1.29, 1.82) is 0 Å². The van der Waals surface area contributed by atoms with Crippen molar-refractivity contribution in [2.24, 2.45) is 0 Å². The first kappa shape index (κ1) is 11.3. The van der Waals surface area contributed by atoms with E-state index in [4.69, 9.17) is 4.74 Å². The molecular weight excluding hydrogens is 320 g/mol. The predicted molar refractivity (Wildman–Crippen MR) is 57.1 cm³/mol. The highest BCUT2D eigenvalue weighted by molar-refractivity contribution is 9.11. The molecule has 0 atom stereocenters. The number of rotatable bonds is 2. The van der Waals surface area contributed by atoms with Crippen LogP contribution in [0.15, 0.2) is 8.95 Å². The average Bonchev–Trinajstić information content (AvgIpc) is 2.17. The first-order valence-electron chi connectivity index (χ1n) is 3.46. The van der Waals surface area contributed by atoms with E-state index in [2.05, 4.69) is 31.9 Å². The SMILES string of the molecule is COc1c(O)c(Br)c(C=O)c(Br)c1O. The lowest BCUT2D eigenvalue weighted by molar-refractivity contribution is 0.112. The van der Waals surface area contributed by atoms with E-state index in [-0.39, 0.29) is 31.8 Å². The van der Waals surface area contributed by atoms with Gasteiger partial charge in [0, 0.05) is 0 Å². The van der Waals surface area contributed by atoms with Crippen molar-refractivity contribution in [3.05, 3.63) is 14.5 Å². The molecule has 0 unspecified atom stereocenters. The largest absolute Gasteiger partial charge is 0.503 e. The molecule has 0 aliphatic heterocycles. The van der Waals surface area contributed by atoms with Crippen molar-refractivity contribution in [2.75, 3.05) is 7.11 Å². The Bertz CT molecular complexity index is 360. The first-order valence-corrected chi connectivity index (χ1v) is 5.05. The molecule has 0 saturated carbocycles. The molecule has 14 heavy (non-hydrogen) atoms. The van der Waals surface area contributed by atoms with Gasteiger partial charge in [-0.2, -0.15) is 0 Å². The summed E-state index contributed by atoms with van der Waals surface area (Å²) in [4.78, 5) is 10.6. The highest BCUT2D eigenvalue weighted by Crippen LogP contribution is 2.48. The first-order chi connectivity index (χ1) is 6.54. The number of phenolic OH excluding ortho intramolecular Hbond substituents is 2. The molecule has 4 nitrogen and oxygen atoms in total. The maximum atomic E-state index is 10.6. The molecule has 0 spiro atoms. The van der Waals surface area contributed by atoms with Gasteiger partial charge in [-0.05, 0) is 31.9 Å². The maximum Gasteiger partial charge on any atom is 0.205 e. The fourth-order valence-corrected chi connectivity index (χ4v) is 2.17. The van der Waals surface area contributed by atoms with Crippen LogP contribution >= 0.6 is 31.9 Å². The fraction of sp³-hybridized carbons (Fsp3) is 0.125. The van der Waals surface area contributed by atoms with Gasteiger partial charge in [-0.25, -0.2) is 0 Å². The van der Waals surface area contributed by atoms with Gasteiger partial charge in [0.1, 0.15) is 0 Å². The van der Waals surface area contributed by atoms with Crippen LogP contribution in [0.4, 0.5) is 0 Å². The molecule has 1 aromatic carbocycles. The Morgan fingerprint density at radius 1 is 1.21 bits per heavy atom. The van der Waals surface area contributed by atoms with Crippen LogP contribution in [-0.2, 0) is 0 Å². The summed E-state index contributed by atoms with van der Waals surface area (Å²) < 4.78 is 5.11. The minimum absolute atomic E-state index is 0.0886. The van der Waals surface area contributed by atoms with E-state index in [9.17, 15) is 15.0 Å². The maximum absolute atomic E-state index is 10.6. The van der Waals surface area contributed by atoms with E-state index < -0.39 is 0 Å². The number of benzene rings is 1. The zero-order chi connectivity index (χ0) is 10.9. The Kier molecular flexibility index (Phi) is 3.38. The summed E-state index contributed by atoms with van der Waals surface area (Å²) in [6, 6.07) is 0. The zero-order valence-electron chi connectivity index (χ0n) is 7.04. The lowest BCUT2D eigenvalue weighted by atomic mass is 10.2. The number of aldehydes is 1. The molecule has 1 rings (SSSR count). The van der Waals surface area contributed by atoms with Crippen molar-refractivity contribution in [2.45, 2.75) is 0 Å². The van der Waals surface area contributed by atoms with Gasteiger partial charge in [0.2, 0.25) is 5.75 Å². The van der Waals surface area contributed by atoms with Crippen LogP contribution in [0.3, 0.4) is 0 Å². The monoisotopic (exact) mass is 324 g/mol. The van der Waals surface area contributed by atoms with Crippen molar-refractivity contribution < 1.29 is 19.7 Å². The van der Waals surface area contributed by atoms with Crippen LogP contribution in [0, 0.1) is 0 Å². The summed E-state index contributed by atoms with van der Waals surface area (Å²) >= 11 is 6.03. The third-order valence-corrected chi connectivity index (χ3v) is 3.25. The van der Waals surface area contributed by atoms with Crippen LogP contribution in [0.1, 0.15) is 10.4 Å². The van der Waals surface area contributed by atoms with Gasteiger partial charge in [-0.15, -0.1) is 0 Å². The number of aromatic hydroxyl groups is 2. The highest BCUT2D eigenvalue weighted by Gasteiger charge is 2.21. The number of carbonyl (C=O) groups is 1. The number of hydrogen-bond donors (Lipinski definition) is 2. The molecule has 0 aromatic heterocycles. The number of hydrogen-bond acceptors (Lipinski definition) is 4. The molecule has 1 aromatic rings. The molecule has 0 heterocycles. The molecule has 0 bridgehead atoms. The van der Waals surface area contributed by atoms with Crippen molar-refractivity contribution in [3.8, 4) is 17.2 Å². The smallest absolute Gasteiger partial charge is 0.205 e. The summed E-state index contributed by atoms with van der Waals surface area (Å²) in [5.41, 5.74) is 0.126. The Balaban J connectivity index is 3.63. The molecule has 0 aliphatic carbocycles. The van der Waals surface area contributed by atoms with Gasteiger partial charge in [0.15, 0.2) is 17.8 Å². The fourth-order valence-electron chi connectivity index (χ4n) is 0.960. The number of carbonyl (C=O) groups excluding carboxylic acids is 1. The Hall–Kier alpha value is -0.750. The van der Waals surface area contributed by atoms with Crippen LogP contribution in [0.25, 0.3) is 0 Å². The molecule has 0 saturated heterocycles. The van der Waals surface area contributed by atoms with Crippen molar-refractivity contribution >= 4 is 38.1 Å². The van der Waals surface area contributed by atoms with E-state index in [0.29, 0.717) is 6.29 Å². The lowest BCUT2D eigenvalue weighted by Gasteiger charge is -2.11. The van der Waals surface area contributed by atoms with E-state index in [1.54, 1.807) is 0 Å². The molecule has 0 radical (unpaired) electrons. The third-order valence-electron chi connectivity index (χ3n) is 1.64. The summed E-state index contributed by atoms with van der Waals surface area (Å²) in [6.07, 6.45) is 0.507. The zero-order valence-corrected chi connectivity index (χ0v) is 10.2.